The molecule has 0 bridgehead atoms. The van der Waals surface area contributed by atoms with Gasteiger partial charge in [0.2, 0.25) is 0 Å². The summed E-state index contributed by atoms with van der Waals surface area (Å²) in [6.07, 6.45) is -4.97. The van der Waals surface area contributed by atoms with Crippen molar-refractivity contribution in [3.8, 4) is 0 Å². The van der Waals surface area contributed by atoms with Gasteiger partial charge in [0.25, 0.3) is 0 Å². The molecule has 0 saturated heterocycles. The Balaban J connectivity index is 2.05. The molecule has 1 atom stereocenters. The van der Waals surface area contributed by atoms with E-state index < -0.39 is 33.6 Å². The highest BCUT2D eigenvalue weighted by molar-refractivity contribution is 7.91. The van der Waals surface area contributed by atoms with Gasteiger partial charge in [-0.25, -0.2) is 8.42 Å². The second-order valence-corrected chi connectivity index (χ2v) is 7.28. The third-order valence-electron chi connectivity index (χ3n) is 2.91. The number of aliphatic hydroxyl groups excluding tert-OH is 1. The number of halogens is 4. The predicted octanol–water partition coefficient (Wildman–Crippen LogP) is 2.39. The van der Waals surface area contributed by atoms with Gasteiger partial charge in [-0.05, 0) is 30.3 Å². The van der Waals surface area contributed by atoms with Crippen molar-refractivity contribution in [1.29, 1.82) is 0 Å². The fourth-order valence-electron chi connectivity index (χ4n) is 1.87. The Morgan fingerprint density at radius 1 is 1.22 bits per heavy atom. The van der Waals surface area contributed by atoms with E-state index in [-0.39, 0.29) is 11.4 Å². The average molecular weight is 369 g/mol. The van der Waals surface area contributed by atoms with Gasteiger partial charge in [-0.3, -0.25) is 4.68 Å². The lowest BCUT2D eigenvalue weighted by Crippen LogP contribution is -2.26. The van der Waals surface area contributed by atoms with Gasteiger partial charge < -0.3 is 5.11 Å². The van der Waals surface area contributed by atoms with Crippen LogP contribution >= 0.6 is 11.6 Å². The molecule has 1 heterocycles. The van der Waals surface area contributed by atoms with Gasteiger partial charge in [-0.2, -0.15) is 18.3 Å². The third-order valence-corrected chi connectivity index (χ3v) is 4.98. The van der Waals surface area contributed by atoms with Crippen LogP contribution in [0.15, 0.2) is 41.4 Å². The average Bonchev–Trinajstić information content (AvgIpc) is 2.86. The minimum atomic E-state index is -4.59. The maximum Gasteiger partial charge on any atom is 0.435 e. The van der Waals surface area contributed by atoms with Crippen LogP contribution in [-0.2, 0) is 22.6 Å². The Bertz CT molecular complexity index is 773. The van der Waals surface area contributed by atoms with E-state index in [1.807, 2.05) is 0 Å². The van der Waals surface area contributed by atoms with Crippen LogP contribution in [0.4, 0.5) is 13.2 Å². The summed E-state index contributed by atoms with van der Waals surface area (Å²) in [5.41, 5.74) is -1.11. The van der Waals surface area contributed by atoms with Gasteiger partial charge >= 0.3 is 6.18 Å². The molecule has 0 aliphatic heterocycles. The molecule has 23 heavy (non-hydrogen) atoms. The third kappa shape index (κ3) is 4.69. The molecule has 0 radical (unpaired) electrons. The molecule has 2 aromatic rings. The summed E-state index contributed by atoms with van der Waals surface area (Å²) in [6, 6.07) is 6.12. The molecule has 0 amide bonds. The molecular formula is C13H12ClF3N2O3S. The van der Waals surface area contributed by atoms with Gasteiger partial charge in [0.15, 0.2) is 15.5 Å². The van der Waals surface area contributed by atoms with Crippen LogP contribution in [0.25, 0.3) is 0 Å². The number of nitrogens with zero attached hydrogens (tertiary/aromatic N) is 2. The Hall–Kier alpha value is -1.58. The minimum Gasteiger partial charge on any atom is -0.390 e. The second-order valence-electron chi connectivity index (χ2n) is 4.81. The van der Waals surface area contributed by atoms with Gasteiger partial charge in [0.05, 0.1) is 23.3 Å². The van der Waals surface area contributed by atoms with E-state index in [1.165, 1.54) is 24.3 Å². The zero-order chi connectivity index (χ0) is 17.3. The van der Waals surface area contributed by atoms with Crippen LogP contribution in [0.5, 0.6) is 0 Å². The zero-order valence-corrected chi connectivity index (χ0v) is 13.1. The first-order chi connectivity index (χ1) is 10.6. The summed E-state index contributed by atoms with van der Waals surface area (Å²) in [5, 5.41) is 13.4. The topological polar surface area (TPSA) is 72.2 Å². The molecule has 10 heteroatoms. The predicted molar refractivity (Wildman–Crippen MR) is 76.7 cm³/mol. The van der Waals surface area contributed by atoms with Gasteiger partial charge in [-0.1, -0.05) is 11.6 Å². The van der Waals surface area contributed by atoms with E-state index in [4.69, 9.17) is 11.6 Å². The number of rotatable bonds is 5. The highest BCUT2D eigenvalue weighted by Crippen LogP contribution is 2.27. The quantitative estimate of drug-likeness (QED) is 0.879. The molecule has 2 rings (SSSR count). The van der Waals surface area contributed by atoms with Crippen LogP contribution in [0.2, 0.25) is 5.02 Å². The largest absolute Gasteiger partial charge is 0.435 e. The second kappa shape index (κ2) is 6.50. The smallest absolute Gasteiger partial charge is 0.390 e. The lowest BCUT2D eigenvalue weighted by molar-refractivity contribution is -0.141. The minimum absolute atomic E-state index is 0.0302. The molecule has 0 spiro atoms. The van der Waals surface area contributed by atoms with Crippen molar-refractivity contribution in [2.75, 3.05) is 5.75 Å². The van der Waals surface area contributed by atoms with Crippen molar-refractivity contribution in [2.45, 2.75) is 23.7 Å². The maximum atomic E-state index is 12.4. The van der Waals surface area contributed by atoms with Crippen molar-refractivity contribution in [3.05, 3.63) is 47.2 Å². The van der Waals surface area contributed by atoms with E-state index in [0.29, 0.717) is 5.02 Å². The summed E-state index contributed by atoms with van der Waals surface area (Å²) in [7, 11) is -3.79. The molecule has 0 fully saturated rings. The normalized spacial score (nSPS) is 14.0. The maximum absolute atomic E-state index is 12.4. The Labute approximate surface area is 135 Å². The van der Waals surface area contributed by atoms with Crippen LogP contribution < -0.4 is 0 Å². The number of alkyl halides is 3. The molecule has 1 aromatic carbocycles. The Morgan fingerprint density at radius 3 is 2.35 bits per heavy atom. The lowest BCUT2D eigenvalue weighted by atomic mass is 10.4. The molecule has 1 aromatic heterocycles. The van der Waals surface area contributed by atoms with E-state index in [1.54, 1.807) is 0 Å². The van der Waals surface area contributed by atoms with Gasteiger partial charge in [0.1, 0.15) is 0 Å². The van der Waals surface area contributed by atoms with Crippen molar-refractivity contribution in [3.63, 3.8) is 0 Å². The van der Waals surface area contributed by atoms with E-state index in [2.05, 4.69) is 5.10 Å². The number of aliphatic hydroxyl groups is 1. The molecular weight excluding hydrogens is 357 g/mol. The first kappa shape index (κ1) is 17.8. The lowest BCUT2D eigenvalue weighted by Gasteiger charge is -2.12. The summed E-state index contributed by atoms with van der Waals surface area (Å²) in [5.74, 6) is -0.643. The van der Waals surface area contributed by atoms with Crippen LogP contribution in [-0.4, -0.2) is 35.2 Å². The molecule has 5 nitrogen and oxygen atoms in total. The van der Waals surface area contributed by atoms with Crippen molar-refractivity contribution >= 4 is 21.4 Å². The van der Waals surface area contributed by atoms with Crippen molar-refractivity contribution in [2.24, 2.45) is 0 Å². The highest BCUT2D eigenvalue weighted by Gasteiger charge is 2.33. The van der Waals surface area contributed by atoms with E-state index >= 15 is 0 Å². The first-order valence-electron chi connectivity index (χ1n) is 6.35. The highest BCUT2D eigenvalue weighted by atomic mass is 35.5. The molecule has 0 aliphatic rings. The molecule has 0 aliphatic carbocycles. The summed E-state index contributed by atoms with van der Waals surface area (Å²) < 4.78 is 62.3. The first-order valence-corrected chi connectivity index (χ1v) is 8.38. The van der Waals surface area contributed by atoms with Crippen LogP contribution in [0.3, 0.4) is 0 Å². The van der Waals surface area contributed by atoms with Gasteiger partial charge in [0, 0.05) is 11.2 Å². The molecule has 126 valence electrons. The number of hydrogen-bond acceptors (Lipinski definition) is 4. The van der Waals surface area contributed by atoms with Crippen molar-refractivity contribution in [1.82, 2.24) is 9.78 Å². The molecule has 0 unspecified atom stereocenters. The van der Waals surface area contributed by atoms with Crippen LogP contribution in [0, 0.1) is 0 Å². The summed E-state index contributed by atoms with van der Waals surface area (Å²) in [4.78, 5) is -0.0302. The number of hydrogen-bond donors (Lipinski definition) is 1. The fourth-order valence-corrected chi connectivity index (χ4v) is 3.36. The summed E-state index contributed by atoms with van der Waals surface area (Å²) >= 11 is 5.67. The van der Waals surface area contributed by atoms with Crippen molar-refractivity contribution < 1.29 is 26.7 Å². The fraction of sp³-hybridized carbons (Fsp3) is 0.308. The van der Waals surface area contributed by atoms with E-state index in [0.717, 1.165) is 16.9 Å². The standard InChI is InChI=1S/C13H12ClF3N2O3S/c14-9-1-3-11(4-2-9)23(21,22)8-10(20)7-19-6-5-12(18-19)13(15,16)17/h1-6,10,20H,7-8H2/t10-/m0/s1. The number of benzene rings is 1. The Morgan fingerprint density at radius 2 is 1.83 bits per heavy atom. The molecule has 0 saturated carbocycles. The van der Waals surface area contributed by atoms with Gasteiger partial charge in [-0.15, -0.1) is 0 Å². The zero-order valence-electron chi connectivity index (χ0n) is 11.5. The number of sulfone groups is 1. The SMILES string of the molecule is O=S(=O)(C[C@@H](O)Cn1ccc(C(F)(F)F)n1)c1ccc(Cl)cc1. The number of aromatic nitrogens is 2. The van der Waals surface area contributed by atoms with E-state index in [9.17, 15) is 26.7 Å². The Kier molecular flexibility index (Phi) is 5.02. The van der Waals surface area contributed by atoms with Crippen LogP contribution in [0.1, 0.15) is 5.69 Å². The molecule has 1 N–H and O–H groups in total. The monoisotopic (exact) mass is 368 g/mol. The summed E-state index contributed by atoms with van der Waals surface area (Å²) in [6.45, 7) is -0.372.